The summed E-state index contributed by atoms with van der Waals surface area (Å²) in [4.78, 5) is 4.19. The number of methoxy groups -OCH3 is 2. The van der Waals surface area contributed by atoms with Crippen molar-refractivity contribution in [2.75, 3.05) is 24.9 Å². The summed E-state index contributed by atoms with van der Waals surface area (Å²) in [5, 5.41) is 6.49. The zero-order chi connectivity index (χ0) is 15.2. The van der Waals surface area contributed by atoms with E-state index in [-0.39, 0.29) is 0 Å². The van der Waals surface area contributed by atoms with Gasteiger partial charge < -0.3 is 20.1 Å². The summed E-state index contributed by atoms with van der Waals surface area (Å²) in [6, 6.07) is 9.14. The molecule has 110 valence electrons. The molecule has 0 aliphatic heterocycles. The Balaban J connectivity index is 2.06. The molecule has 2 aromatic rings. The number of hydrogen-bond acceptors (Lipinski definition) is 4. The van der Waals surface area contributed by atoms with Crippen LogP contribution in [0.5, 0.6) is 11.5 Å². The fourth-order valence-corrected chi connectivity index (χ4v) is 2.06. The molecule has 7 heteroatoms. The number of nitrogens with zero attached hydrogens (tertiary/aromatic N) is 1. The third-order valence-corrected chi connectivity index (χ3v) is 3.25. The predicted octanol–water partition coefficient (Wildman–Crippen LogP) is 3.67. The van der Waals surface area contributed by atoms with Gasteiger partial charge in [-0.15, -0.1) is 0 Å². The Labute approximate surface area is 136 Å². The van der Waals surface area contributed by atoms with Gasteiger partial charge in [-0.3, -0.25) is 0 Å². The van der Waals surface area contributed by atoms with Crippen molar-refractivity contribution >= 4 is 44.8 Å². The minimum atomic E-state index is 0.431. The van der Waals surface area contributed by atoms with Gasteiger partial charge in [-0.1, -0.05) is 0 Å². The van der Waals surface area contributed by atoms with Gasteiger partial charge in [0.1, 0.15) is 17.3 Å². The molecule has 1 heterocycles. The number of aromatic nitrogens is 1. The number of nitrogens with one attached hydrogen (secondary N) is 2. The van der Waals surface area contributed by atoms with Crippen molar-refractivity contribution in [1.29, 1.82) is 0 Å². The van der Waals surface area contributed by atoms with Crippen molar-refractivity contribution in [2.24, 2.45) is 0 Å². The van der Waals surface area contributed by atoms with Gasteiger partial charge in [0, 0.05) is 34.6 Å². The summed E-state index contributed by atoms with van der Waals surface area (Å²) in [6.45, 7) is 0. The molecule has 0 atom stereocenters. The summed E-state index contributed by atoms with van der Waals surface area (Å²) < 4.78 is 11.3. The van der Waals surface area contributed by atoms with Crippen molar-refractivity contribution in [2.45, 2.75) is 0 Å². The topological polar surface area (TPSA) is 55.4 Å². The summed E-state index contributed by atoms with van der Waals surface area (Å²) in [5.41, 5.74) is 0.765. The summed E-state index contributed by atoms with van der Waals surface area (Å²) in [6.07, 6.45) is 1.69. The minimum Gasteiger partial charge on any atom is -0.497 e. The SMILES string of the molecule is COc1cc(NC(=S)Nc2ccc(Br)cn2)cc(OC)c1. The number of halogens is 1. The Morgan fingerprint density at radius 3 is 2.29 bits per heavy atom. The maximum Gasteiger partial charge on any atom is 0.176 e. The van der Waals surface area contributed by atoms with Gasteiger partial charge in [-0.05, 0) is 40.3 Å². The molecule has 1 aromatic carbocycles. The molecule has 0 saturated heterocycles. The Morgan fingerprint density at radius 1 is 1.10 bits per heavy atom. The van der Waals surface area contributed by atoms with Crippen LogP contribution in [0.3, 0.4) is 0 Å². The van der Waals surface area contributed by atoms with Crippen LogP contribution in [0.4, 0.5) is 11.5 Å². The van der Waals surface area contributed by atoms with Crippen molar-refractivity contribution < 1.29 is 9.47 Å². The van der Waals surface area contributed by atoms with Crippen LogP contribution in [0, 0.1) is 0 Å². The van der Waals surface area contributed by atoms with Crippen LogP contribution >= 0.6 is 28.1 Å². The molecule has 0 radical (unpaired) electrons. The lowest BCUT2D eigenvalue weighted by Crippen LogP contribution is -2.19. The largest absolute Gasteiger partial charge is 0.497 e. The molecule has 5 nitrogen and oxygen atoms in total. The minimum absolute atomic E-state index is 0.431. The molecule has 1 aromatic heterocycles. The molecule has 0 spiro atoms. The molecular formula is C14H14BrN3O2S. The van der Waals surface area contributed by atoms with Crippen LogP contribution in [0.2, 0.25) is 0 Å². The van der Waals surface area contributed by atoms with Crippen LogP contribution < -0.4 is 20.1 Å². The highest BCUT2D eigenvalue weighted by molar-refractivity contribution is 9.10. The lowest BCUT2D eigenvalue weighted by Gasteiger charge is -2.12. The second-order valence-electron chi connectivity index (χ2n) is 4.04. The summed E-state index contributed by atoms with van der Waals surface area (Å²) in [5.74, 6) is 2.02. The fraction of sp³-hybridized carbons (Fsp3) is 0.143. The monoisotopic (exact) mass is 367 g/mol. The van der Waals surface area contributed by atoms with Gasteiger partial charge in [0.25, 0.3) is 0 Å². The fourth-order valence-electron chi connectivity index (χ4n) is 1.61. The zero-order valence-corrected chi connectivity index (χ0v) is 13.9. The van der Waals surface area contributed by atoms with E-state index in [9.17, 15) is 0 Å². The van der Waals surface area contributed by atoms with E-state index in [1.807, 2.05) is 24.3 Å². The second-order valence-corrected chi connectivity index (χ2v) is 5.37. The number of pyridine rings is 1. The lowest BCUT2D eigenvalue weighted by molar-refractivity contribution is 0.395. The molecule has 0 amide bonds. The molecule has 2 rings (SSSR count). The normalized spacial score (nSPS) is 9.86. The summed E-state index contributed by atoms with van der Waals surface area (Å²) in [7, 11) is 3.20. The van der Waals surface area contributed by atoms with Crippen LogP contribution in [-0.4, -0.2) is 24.3 Å². The Kier molecular flexibility index (Phi) is 5.35. The third kappa shape index (κ3) is 4.57. The predicted molar refractivity (Wildman–Crippen MR) is 91.3 cm³/mol. The first-order valence-electron chi connectivity index (χ1n) is 6.03. The quantitative estimate of drug-likeness (QED) is 0.804. The van der Waals surface area contributed by atoms with Gasteiger partial charge in [0.15, 0.2) is 5.11 Å². The van der Waals surface area contributed by atoms with Gasteiger partial charge in [-0.25, -0.2) is 4.98 Å². The van der Waals surface area contributed by atoms with E-state index in [0.717, 1.165) is 10.2 Å². The first-order valence-corrected chi connectivity index (χ1v) is 7.23. The Morgan fingerprint density at radius 2 is 1.76 bits per heavy atom. The van der Waals surface area contributed by atoms with Crippen LogP contribution in [0.1, 0.15) is 0 Å². The molecule has 0 aliphatic rings. The van der Waals surface area contributed by atoms with E-state index < -0.39 is 0 Å². The number of benzene rings is 1. The van der Waals surface area contributed by atoms with E-state index in [1.54, 1.807) is 26.5 Å². The number of rotatable bonds is 4. The lowest BCUT2D eigenvalue weighted by atomic mass is 10.3. The highest BCUT2D eigenvalue weighted by atomic mass is 79.9. The van der Waals surface area contributed by atoms with Crippen molar-refractivity contribution in [1.82, 2.24) is 4.98 Å². The molecule has 0 saturated carbocycles. The highest BCUT2D eigenvalue weighted by Crippen LogP contribution is 2.25. The van der Waals surface area contributed by atoms with Crippen molar-refractivity contribution in [3.63, 3.8) is 0 Å². The number of hydrogen-bond donors (Lipinski definition) is 2. The number of ether oxygens (including phenoxy) is 2. The van der Waals surface area contributed by atoms with E-state index >= 15 is 0 Å². The van der Waals surface area contributed by atoms with Gasteiger partial charge in [0.05, 0.1) is 14.2 Å². The molecule has 0 aliphatic carbocycles. The molecule has 0 unspecified atom stereocenters. The van der Waals surface area contributed by atoms with E-state index in [4.69, 9.17) is 21.7 Å². The zero-order valence-electron chi connectivity index (χ0n) is 11.5. The first kappa shape index (κ1) is 15.5. The molecule has 0 fully saturated rings. The Hall–Kier alpha value is -1.86. The number of anilines is 2. The standard InChI is InChI=1S/C14H14BrN3O2S/c1-19-11-5-10(6-12(7-11)20-2)17-14(21)18-13-4-3-9(15)8-16-13/h3-8H,1-2H3,(H2,16,17,18,21). The van der Waals surface area contributed by atoms with E-state index in [2.05, 4.69) is 31.5 Å². The summed E-state index contributed by atoms with van der Waals surface area (Å²) >= 11 is 8.59. The molecule has 0 bridgehead atoms. The maximum atomic E-state index is 5.25. The maximum absolute atomic E-state index is 5.25. The van der Waals surface area contributed by atoms with Crippen molar-refractivity contribution in [3.05, 3.63) is 41.0 Å². The van der Waals surface area contributed by atoms with E-state index in [0.29, 0.717) is 22.4 Å². The smallest absolute Gasteiger partial charge is 0.176 e. The van der Waals surface area contributed by atoms with Gasteiger partial charge in [-0.2, -0.15) is 0 Å². The van der Waals surface area contributed by atoms with Crippen LogP contribution in [0.15, 0.2) is 41.0 Å². The Bertz CT molecular complexity index is 612. The number of thiocarbonyl (C=S) groups is 1. The van der Waals surface area contributed by atoms with Gasteiger partial charge in [0.2, 0.25) is 0 Å². The molecular weight excluding hydrogens is 354 g/mol. The van der Waals surface area contributed by atoms with Crippen LogP contribution in [-0.2, 0) is 0 Å². The van der Waals surface area contributed by atoms with Crippen LogP contribution in [0.25, 0.3) is 0 Å². The van der Waals surface area contributed by atoms with Gasteiger partial charge >= 0.3 is 0 Å². The van der Waals surface area contributed by atoms with E-state index in [1.165, 1.54) is 0 Å². The molecule has 21 heavy (non-hydrogen) atoms. The van der Waals surface area contributed by atoms with Crippen molar-refractivity contribution in [3.8, 4) is 11.5 Å². The third-order valence-electron chi connectivity index (χ3n) is 2.58. The molecule has 2 N–H and O–H groups in total. The second kappa shape index (κ2) is 7.24. The average molecular weight is 368 g/mol. The first-order chi connectivity index (χ1) is 10.1. The average Bonchev–Trinajstić information content (AvgIpc) is 2.49. The highest BCUT2D eigenvalue weighted by Gasteiger charge is 2.04.